The maximum Gasteiger partial charge on any atom is 0.527 e. The molecule has 1 aromatic carbocycles. The predicted molar refractivity (Wildman–Crippen MR) is 68.5 cm³/mol. The van der Waals surface area contributed by atoms with Crippen LogP contribution in [0, 0.1) is 0 Å². The van der Waals surface area contributed by atoms with Crippen LogP contribution in [0.1, 0.15) is 25.3 Å². The minimum Gasteiger partial charge on any atom is -0.435 e. The van der Waals surface area contributed by atoms with Crippen molar-refractivity contribution in [3.8, 4) is 0 Å². The number of carbonyl (C=O) groups excluding carboxylic acids is 1. The number of carboxylic acid groups (broad SMARTS) is 1. The van der Waals surface area contributed by atoms with Crippen molar-refractivity contribution in [1.82, 2.24) is 0 Å². The van der Waals surface area contributed by atoms with Gasteiger partial charge in [0, 0.05) is 12.8 Å². The molecule has 1 unspecified atom stereocenters. The zero-order valence-electron chi connectivity index (χ0n) is 10.9. The maximum absolute atomic E-state index is 12.2. The average molecular weight is 264 g/mol. The van der Waals surface area contributed by atoms with E-state index in [-0.39, 0.29) is 12.6 Å². The van der Waals surface area contributed by atoms with Crippen molar-refractivity contribution in [3.05, 3.63) is 35.9 Å². The summed E-state index contributed by atoms with van der Waals surface area (Å²) in [6.07, 6.45) is -0.329. The third kappa shape index (κ3) is 2.46. The van der Waals surface area contributed by atoms with E-state index in [1.54, 1.807) is 6.92 Å². The molecule has 0 radical (unpaired) electrons. The summed E-state index contributed by atoms with van der Waals surface area (Å²) >= 11 is 0. The third-order valence-electron chi connectivity index (χ3n) is 3.76. The lowest BCUT2D eigenvalue weighted by Crippen LogP contribution is -2.58. The van der Waals surface area contributed by atoms with Gasteiger partial charge in [0.15, 0.2) is 0 Å². The van der Waals surface area contributed by atoms with E-state index in [4.69, 9.17) is 4.74 Å². The average Bonchev–Trinajstić information content (AvgIpc) is 2.80. The molecule has 0 bridgehead atoms. The fourth-order valence-corrected chi connectivity index (χ4v) is 2.54. The number of ether oxygens (including phenoxy) is 1. The van der Waals surface area contributed by atoms with Crippen molar-refractivity contribution in [2.75, 3.05) is 6.54 Å². The number of hydrogen-bond acceptors (Lipinski definition) is 3. The molecule has 1 heterocycles. The van der Waals surface area contributed by atoms with E-state index in [0.717, 1.165) is 18.4 Å². The van der Waals surface area contributed by atoms with Crippen molar-refractivity contribution in [3.63, 3.8) is 0 Å². The van der Waals surface area contributed by atoms with E-state index in [0.29, 0.717) is 6.54 Å². The SMILES string of the molecule is C[C@H]1CCC[N+]1(C(=O)O)C(=O)OCc1ccccc1. The Labute approximate surface area is 112 Å². The lowest BCUT2D eigenvalue weighted by molar-refractivity contribution is -0.795. The lowest BCUT2D eigenvalue weighted by Gasteiger charge is -2.27. The third-order valence-corrected chi connectivity index (χ3v) is 3.76. The fourth-order valence-electron chi connectivity index (χ4n) is 2.54. The topological polar surface area (TPSA) is 63.6 Å². The van der Waals surface area contributed by atoms with Gasteiger partial charge in [-0.1, -0.05) is 30.3 Å². The van der Waals surface area contributed by atoms with Gasteiger partial charge in [-0.2, -0.15) is 9.59 Å². The van der Waals surface area contributed by atoms with E-state index < -0.39 is 16.7 Å². The Balaban J connectivity index is 2.07. The predicted octanol–water partition coefficient (Wildman–Crippen LogP) is 3.00. The Bertz CT molecular complexity index is 474. The first-order valence-corrected chi connectivity index (χ1v) is 6.40. The summed E-state index contributed by atoms with van der Waals surface area (Å²) in [6.45, 7) is 2.20. The fraction of sp³-hybridized carbons (Fsp3) is 0.429. The smallest absolute Gasteiger partial charge is 0.435 e. The molecule has 0 saturated carbocycles. The molecule has 1 saturated heterocycles. The molecular formula is C14H18NO4+. The second-order valence-corrected chi connectivity index (χ2v) is 4.91. The van der Waals surface area contributed by atoms with Crippen LogP contribution in [-0.2, 0) is 11.3 Å². The molecule has 1 aromatic rings. The summed E-state index contributed by atoms with van der Waals surface area (Å²) in [5, 5.41) is 9.37. The molecule has 5 nitrogen and oxygen atoms in total. The number of rotatable bonds is 2. The van der Waals surface area contributed by atoms with Gasteiger partial charge in [-0.3, -0.25) is 0 Å². The van der Waals surface area contributed by atoms with Crippen LogP contribution >= 0.6 is 0 Å². The van der Waals surface area contributed by atoms with Gasteiger partial charge in [0.1, 0.15) is 19.2 Å². The molecule has 1 N–H and O–H groups in total. The molecule has 0 spiro atoms. The van der Waals surface area contributed by atoms with Crippen LogP contribution in [0.25, 0.3) is 0 Å². The quantitative estimate of drug-likeness (QED) is 0.834. The molecule has 19 heavy (non-hydrogen) atoms. The first-order chi connectivity index (χ1) is 9.07. The number of imide groups is 1. The largest absolute Gasteiger partial charge is 0.527 e. The van der Waals surface area contributed by atoms with E-state index in [1.165, 1.54) is 0 Å². The number of hydrogen-bond donors (Lipinski definition) is 1. The summed E-state index contributed by atoms with van der Waals surface area (Å²) in [6, 6.07) is 9.02. The molecular weight excluding hydrogens is 246 g/mol. The lowest BCUT2D eigenvalue weighted by atomic mass is 10.2. The summed E-state index contributed by atoms with van der Waals surface area (Å²) in [5.41, 5.74) is 0.853. The second-order valence-electron chi connectivity index (χ2n) is 4.91. The highest BCUT2D eigenvalue weighted by Crippen LogP contribution is 2.29. The molecule has 2 atom stereocenters. The monoisotopic (exact) mass is 264 g/mol. The van der Waals surface area contributed by atoms with Crippen molar-refractivity contribution in [1.29, 1.82) is 0 Å². The minimum absolute atomic E-state index is 0.111. The normalized spacial score (nSPS) is 26.1. The maximum atomic E-state index is 12.2. The first kappa shape index (κ1) is 13.5. The van der Waals surface area contributed by atoms with Crippen LogP contribution in [0.4, 0.5) is 9.59 Å². The van der Waals surface area contributed by atoms with Gasteiger partial charge in [0.25, 0.3) is 0 Å². The number of nitrogens with zero attached hydrogens (tertiary/aromatic N) is 1. The van der Waals surface area contributed by atoms with Crippen LogP contribution < -0.4 is 0 Å². The zero-order valence-corrected chi connectivity index (χ0v) is 10.9. The number of amides is 2. The Morgan fingerprint density at radius 3 is 2.58 bits per heavy atom. The molecule has 2 rings (SSSR count). The van der Waals surface area contributed by atoms with E-state index in [9.17, 15) is 14.7 Å². The van der Waals surface area contributed by atoms with E-state index >= 15 is 0 Å². The first-order valence-electron chi connectivity index (χ1n) is 6.40. The highest BCUT2D eigenvalue weighted by molar-refractivity contribution is 5.75. The summed E-state index contributed by atoms with van der Waals surface area (Å²) < 4.78 is 4.60. The molecule has 1 aliphatic heterocycles. The van der Waals surface area contributed by atoms with Crippen LogP contribution in [0.2, 0.25) is 0 Å². The van der Waals surface area contributed by atoms with Crippen molar-refractivity contribution in [2.45, 2.75) is 32.4 Å². The van der Waals surface area contributed by atoms with Crippen molar-refractivity contribution >= 4 is 12.2 Å². The van der Waals surface area contributed by atoms with Gasteiger partial charge < -0.3 is 9.84 Å². The minimum atomic E-state index is -1.12. The summed E-state index contributed by atoms with van der Waals surface area (Å²) in [5.74, 6) is 0. The van der Waals surface area contributed by atoms with Crippen molar-refractivity contribution < 1.29 is 23.9 Å². The number of likely N-dealkylation sites (tertiary alicyclic amines) is 1. The van der Waals surface area contributed by atoms with Gasteiger partial charge in [0.2, 0.25) is 0 Å². The molecule has 102 valence electrons. The highest BCUT2D eigenvalue weighted by Gasteiger charge is 2.54. The molecule has 0 aromatic heterocycles. The van der Waals surface area contributed by atoms with Crippen LogP contribution in [0.15, 0.2) is 30.3 Å². The molecule has 0 aliphatic carbocycles. The Morgan fingerprint density at radius 2 is 2.05 bits per heavy atom. The van der Waals surface area contributed by atoms with Gasteiger partial charge in [0.05, 0.1) is 0 Å². The summed E-state index contributed by atoms with van der Waals surface area (Å²) in [4.78, 5) is 23.6. The molecule has 1 aliphatic rings. The van der Waals surface area contributed by atoms with Gasteiger partial charge in [-0.25, -0.2) is 0 Å². The zero-order chi connectivity index (χ0) is 13.9. The van der Waals surface area contributed by atoms with Gasteiger partial charge in [-0.15, -0.1) is 4.48 Å². The molecule has 5 heteroatoms. The Hall–Kier alpha value is -1.88. The molecule has 2 amide bonds. The number of carbonyl (C=O) groups is 2. The van der Waals surface area contributed by atoms with Gasteiger partial charge in [-0.05, 0) is 12.5 Å². The van der Waals surface area contributed by atoms with Crippen LogP contribution in [-0.4, -0.2) is 34.4 Å². The Morgan fingerprint density at radius 1 is 1.37 bits per heavy atom. The van der Waals surface area contributed by atoms with E-state index in [2.05, 4.69) is 0 Å². The summed E-state index contributed by atoms with van der Waals surface area (Å²) in [7, 11) is 0. The second kappa shape index (κ2) is 5.40. The standard InChI is InChI=1S/C14H17NO4/c1-11-6-5-9-15(11,13(16)17)14(18)19-10-12-7-3-2-4-8-12/h2-4,7-8,11H,5-6,9-10H2,1H3/p+1/t11-,15?/m0/s1. The van der Waals surface area contributed by atoms with Crippen molar-refractivity contribution in [2.24, 2.45) is 0 Å². The van der Waals surface area contributed by atoms with E-state index in [1.807, 2.05) is 30.3 Å². The molecule has 1 fully saturated rings. The van der Waals surface area contributed by atoms with Crippen LogP contribution in [0.5, 0.6) is 0 Å². The number of benzene rings is 1. The highest BCUT2D eigenvalue weighted by atomic mass is 16.6. The number of quaternary nitrogens is 1. The Kier molecular flexibility index (Phi) is 3.85. The van der Waals surface area contributed by atoms with Crippen LogP contribution in [0.3, 0.4) is 0 Å². The van der Waals surface area contributed by atoms with Gasteiger partial charge >= 0.3 is 12.2 Å².